The Morgan fingerprint density at radius 2 is 1.61 bits per heavy atom. The van der Waals surface area contributed by atoms with Crippen molar-refractivity contribution in [2.24, 2.45) is 0 Å². The molecule has 0 saturated heterocycles. The number of fused-ring (bicyclic) bond motifs is 2. The summed E-state index contributed by atoms with van der Waals surface area (Å²) in [4.78, 5) is 31.9. The van der Waals surface area contributed by atoms with Gasteiger partial charge in [0.2, 0.25) is 11.9 Å². The highest BCUT2D eigenvalue weighted by Crippen LogP contribution is 2.19. The molecule has 0 atom stereocenters. The lowest BCUT2D eigenvalue weighted by Gasteiger charge is -2.01. The minimum atomic E-state index is -0.255. The Labute approximate surface area is 159 Å². The number of carbonyl (C=O) groups is 1. The molecular formula is C20H15N7O. The number of rotatable bonds is 4. The van der Waals surface area contributed by atoms with Gasteiger partial charge in [-0.05, 0) is 42.5 Å². The third kappa shape index (κ3) is 3.03. The van der Waals surface area contributed by atoms with Crippen molar-refractivity contribution in [3.63, 3.8) is 0 Å². The van der Waals surface area contributed by atoms with Crippen LogP contribution in [0.3, 0.4) is 0 Å². The third-order valence-corrected chi connectivity index (χ3v) is 4.28. The molecule has 8 nitrogen and oxygen atoms in total. The summed E-state index contributed by atoms with van der Waals surface area (Å²) < 4.78 is 0. The molecule has 0 aliphatic heterocycles. The lowest BCUT2D eigenvalue weighted by molar-refractivity contribution is 0.102. The Balaban J connectivity index is 1.38. The van der Waals surface area contributed by atoms with Crippen LogP contribution in [-0.4, -0.2) is 30.8 Å². The van der Waals surface area contributed by atoms with Crippen LogP contribution in [0.2, 0.25) is 0 Å². The van der Waals surface area contributed by atoms with Crippen LogP contribution in [-0.2, 0) is 0 Å². The standard InChI is InChI=1S/C20H15N7O/c28-18(27-20-22-13-5-1-2-6-14(13)23-20)12-8-9-15-16(11-12)25-19(24-15)26-17-7-3-4-10-21-17/h1-11H,(H2,21,24,25,26)(H2,22,23,27,28). The maximum absolute atomic E-state index is 12.6. The highest BCUT2D eigenvalue weighted by atomic mass is 16.1. The molecule has 28 heavy (non-hydrogen) atoms. The molecule has 0 radical (unpaired) electrons. The Bertz CT molecular complexity index is 1260. The Morgan fingerprint density at radius 3 is 2.46 bits per heavy atom. The van der Waals surface area contributed by atoms with E-state index in [1.165, 1.54) is 0 Å². The summed E-state index contributed by atoms with van der Waals surface area (Å²) in [5.74, 6) is 1.40. The number of nitrogens with zero attached hydrogens (tertiary/aromatic N) is 3. The van der Waals surface area contributed by atoms with Crippen molar-refractivity contribution in [2.75, 3.05) is 10.6 Å². The van der Waals surface area contributed by atoms with Crippen LogP contribution >= 0.6 is 0 Å². The van der Waals surface area contributed by atoms with Crippen LogP contribution in [0.4, 0.5) is 17.7 Å². The quantitative estimate of drug-likeness (QED) is 0.385. The predicted molar refractivity (Wildman–Crippen MR) is 108 cm³/mol. The summed E-state index contributed by atoms with van der Waals surface area (Å²) in [5, 5.41) is 5.90. The van der Waals surface area contributed by atoms with E-state index >= 15 is 0 Å². The van der Waals surface area contributed by atoms with E-state index < -0.39 is 0 Å². The molecule has 136 valence electrons. The highest BCUT2D eigenvalue weighted by Gasteiger charge is 2.12. The normalized spacial score (nSPS) is 11.0. The Kier molecular flexibility index (Phi) is 3.72. The van der Waals surface area contributed by atoms with Crippen LogP contribution in [0.1, 0.15) is 10.4 Å². The van der Waals surface area contributed by atoms with Gasteiger partial charge >= 0.3 is 0 Å². The molecule has 0 spiro atoms. The van der Waals surface area contributed by atoms with Crippen LogP contribution in [0, 0.1) is 0 Å². The maximum Gasteiger partial charge on any atom is 0.258 e. The largest absolute Gasteiger partial charge is 0.324 e. The van der Waals surface area contributed by atoms with Crippen molar-refractivity contribution in [3.05, 3.63) is 72.4 Å². The van der Waals surface area contributed by atoms with Gasteiger partial charge in [-0.3, -0.25) is 10.1 Å². The van der Waals surface area contributed by atoms with Crippen molar-refractivity contribution < 1.29 is 4.79 Å². The van der Waals surface area contributed by atoms with Crippen LogP contribution in [0.25, 0.3) is 22.1 Å². The predicted octanol–water partition coefficient (Wildman–Crippen LogP) is 3.83. The number of hydrogen-bond donors (Lipinski definition) is 4. The highest BCUT2D eigenvalue weighted by molar-refractivity contribution is 6.05. The molecule has 5 aromatic rings. The number of benzene rings is 2. The van der Waals surface area contributed by atoms with Gasteiger partial charge in [-0.1, -0.05) is 18.2 Å². The molecule has 0 unspecified atom stereocenters. The first kappa shape index (κ1) is 16.0. The number of nitrogens with one attached hydrogen (secondary N) is 4. The zero-order valence-electron chi connectivity index (χ0n) is 14.6. The first-order valence-electron chi connectivity index (χ1n) is 8.68. The fourth-order valence-corrected chi connectivity index (χ4v) is 2.96. The van der Waals surface area contributed by atoms with Gasteiger partial charge in [-0.15, -0.1) is 0 Å². The number of anilines is 3. The summed E-state index contributed by atoms with van der Waals surface area (Å²) in [7, 11) is 0. The average molecular weight is 369 g/mol. The summed E-state index contributed by atoms with van der Waals surface area (Å²) in [6, 6.07) is 18.5. The fraction of sp³-hybridized carbons (Fsp3) is 0. The number of hydrogen-bond acceptors (Lipinski definition) is 5. The fourth-order valence-electron chi connectivity index (χ4n) is 2.96. The molecule has 4 N–H and O–H groups in total. The van der Waals surface area contributed by atoms with E-state index in [9.17, 15) is 4.79 Å². The molecule has 3 aromatic heterocycles. The number of aromatic nitrogens is 5. The second kappa shape index (κ2) is 6.51. The minimum absolute atomic E-state index is 0.255. The van der Waals surface area contributed by atoms with Gasteiger partial charge in [0, 0.05) is 11.8 Å². The van der Waals surface area contributed by atoms with Crippen LogP contribution in [0.15, 0.2) is 66.9 Å². The number of pyridine rings is 1. The smallest absolute Gasteiger partial charge is 0.258 e. The first-order chi connectivity index (χ1) is 13.7. The van der Waals surface area contributed by atoms with Gasteiger partial charge in [0.1, 0.15) is 5.82 Å². The first-order valence-corrected chi connectivity index (χ1v) is 8.68. The van der Waals surface area contributed by atoms with Crippen molar-refractivity contribution in [3.8, 4) is 0 Å². The molecule has 0 bridgehead atoms. The lowest BCUT2D eigenvalue weighted by atomic mass is 10.2. The Morgan fingerprint density at radius 1 is 0.821 bits per heavy atom. The number of carbonyl (C=O) groups excluding carboxylic acids is 1. The van der Waals surface area contributed by atoms with E-state index in [-0.39, 0.29) is 5.91 Å². The number of para-hydroxylation sites is 2. The molecule has 0 fully saturated rings. The van der Waals surface area contributed by atoms with Crippen LogP contribution in [0.5, 0.6) is 0 Å². The number of H-pyrrole nitrogens is 2. The maximum atomic E-state index is 12.6. The van der Waals surface area contributed by atoms with E-state index in [0.29, 0.717) is 23.3 Å². The van der Waals surface area contributed by atoms with Gasteiger partial charge in [0.15, 0.2) is 0 Å². The molecule has 0 aliphatic carbocycles. The summed E-state index contributed by atoms with van der Waals surface area (Å²) in [6.07, 6.45) is 1.70. The monoisotopic (exact) mass is 369 g/mol. The van der Waals surface area contributed by atoms with Gasteiger partial charge in [0.25, 0.3) is 5.91 Å². The minimum Gasteiger partial charge on any atom is -0.324 e. The second-order valence-electron chi connectivity index (χ2n) is 6.21. The molecule has 5 rings (SSSR count). The van der Waals surface area contributed by atoms with E-state index in [2.05, 4.69) is 35.6 Å². The molecule has 1 amide bonds. The number of aromatic amines is 2. The molecule has 3 heterocycles. The number of amides is 1. The molecular weight excluding hydrogens is 354 g/mol. The SMILES string of the molecule is O=C(Nc1nc2ccccc2[nH]1)c1ccc2nc(Nc3ccccn3)[nH]c2c1. The Hall–Kier alpha value is -4.20. The molecule has 0 aliphatic rings. The van der Waals surface area contributed by atoms with Gasteiger partial charge in [0.05, 0.1) is 22.1 Å². The lowest BCUT2D eigenvalue weighted by Crippen LogP contribution is -2.12. The number of imidazole rings is 2. The van der Waals surface area contributed by atoms with Gasteiger partial charge < -0.3 is 15.3 Å². The van der Waals surface area contributed by atoms with Crippen LogP contribution < -0.4 is 10.6 Å². The van der Waals surface area contributed by atoms with E-state index in [4.69, 9.17) is 0 Å². The zero-order valence-corrected chi connectivity index (χ0v) is 14.6. The van der Waals surface area contributed by atoms with Crippen molar-refractivity contribution in [2.45, 2.75) is 0 Å². The van der Waals surface area contributed by atoms with Crippen molar-refractivity contribution in [1.82, 2.24) is 24.9 Å². The van der Waals surface area contributed by atoms with E-state index in [1.807, 2.05) is 42.5 Å². The topological polar surface area (TPSA) is 111 Å². The van der Waals surface area contributed by atoms with Gasteiger partial charge in [-0.25, -0.2) is 15.0 Å². The summed E-state index contributed by atoms with van der Waals surface area (Å²) in [6.45, 7) is 0. The van der Waals surface area contributed by atoms with Gasteiger partial charge in [-0.2, -0.15) is 0 Å². The van der Waals surface area contributed by atoms with Crippen molar-refractivity contribution >= 4 is 45.7 Å². The van der Waals surface area contributed by atoms with E-state index in [1.54, 1.807) is 24.4 Å². The second-order valence-corrected chi connectivity index (χ2v) is 6.21. The van der Waals surface area contributed by atoms with E-state index in [0.717, 1.165) is 22.1 Å². The summed E-state index contributed by atoms with van der Waals surface area (Å²) in [5.41, 5.74) is 3.66. The summed E-state index contributed by atoms with van der Waals surface area (Å²) >= 11 is 0. The molecule has 2 aromatic carbocycles. The average Bonchev–Trinajstić information content (AvgIpc) is 3.30. The van der Waals surface area contributed by atoms with Crippen molar-refractivity contribution in [1.29, 1.82) is 0 Å². The molecule has 8 heteroatoms. The third-order valence-electron chi connectivity index (χ3n) is 4.28. The zero-order chi connectivity index (χ0) is 18.9. The molecule has 0 saturated carbocycles.